The third kappa shape index (κ3) is 4.14. The average molecular weight is 359 g/mol. The molecule has 0 radical (unpaired) electrons. The highest BCUT2D eigenvalue weighted by atomic mass is 16.2. The lowest BCUT2D eigenvalue weighted by molar-refractivity contribution is -0.141. The summed E-state index contributed by atoms with van der Waals surface area (Å²) in [5, 5.41) is 0. The molecule has 26 heavy (non-hydrogen) atoms. The molecule has 0 bridgehead atoms. The van der Waals surface area contributed by atoms with Crippen LogP contribution in [0.3, 0.4) is 0 Å². The Labute approximate surface area is 155 Å². The summed E-state index contributed by atoms with van der Waals surface area (Å²) < 4.78 is 0. The normalized spacial score (nSPS) is 21.6. The van der Waals surface area contributed by atoms with Gasteiger partial charge in [0.05, 0.1) is 0 Å². The Hall–Kier alpha value is -2.18. The van der Waals surface area contributed by atoms with Crippen molar-refractivity contribution in [1.82, 2.24) is 19.8 Å². The minimum atomic E-state index is 0.0466. The van der Waals surface area contributed by atoms with Crippen LogP contribution < -0.4 is 4.90 Å². The molecule has 1 aromatic heterocycles. The Bertz CT molecular complexity index is 640. The number of piperidine rings is 2. The number of hydrogen-bond acceptors (Lipinski definition) is 5. The van der Waals surface area contributed by atoms with Gasteiger partial charge in [0.2, 0.25) is 17.8 Å². The standard InChI is InChI=1S/C19H29N5O2/c1-14-11-20-19(21-12-14)22(3)17-5-4-8-24(13-17)18(26)16-6-9-23(10-7-16)15(2)25/h11-12,16-17H,4-10,13H2,1-3H3. The monoisotopic (exact) mass is 359 g/mol. The highest BCUT2D eigenvalue weighted by molar-refractivity contribution is 5.80. The molecule has 3 heterocycles. The lowest BCUT2D eigenvalue weighted by Gasteiger charge is -2.40. The Balaban J connectivity index is 1.58. The van der Waals surface area contributed by atoms with Crippen LogP contribution in [0.5, 0.6) is 0 Å². The first-order chi connectivity index (χ1) is 12.5. The number of rotatable bonds is 3. The first kappa shape index (κ1) is 18.6. The number of hydrogen-bond donors (Lipinski definition) is 0. The SMILES string of the molecule is CC(=O)N1CCC(C(=O)N2CCCC(N(C)c3ncc(C)cn3)C2)CC1. The zero-order valence-electron chi connectivity index (χ0n) is 16.0. The van der Waals surface area contributed by atoms with E-state index in [1.807, 2.05) is 36.2 Å². The number of nitrogens with zero attached hydrogens (tertiary/aromatic N) is 5. The van der Waals surface area contributed by atoms with Crippen LogP contribution >= 0.6 is 0 Å². The number of carbonyl (C=O) groups excluding carboxylic acids is 2. The molecule has 7 nitrogen and oxygen atoms in total. The number of carbonyl (C=O) groups is 2. The fraction of sp³-hybridized carbons (Fsp3) is 0.684. The molecule has 2 saturated heterocycles. The van der Waals surface area contributed by atoms with Crippen molar-refractivity contribution in [2.45, 2.75) is 45.6 Å². The highest BCUT2D eigenvalue weighted by Gasteiger charge is 2.33. The maximum absolute atomic E-state index is 13.0. The number of aromatic nitrogens is 2. The van der Waals surface area contributed by atoms with Crippen molar-refractivity contribution >= 4 is 17.8 Å². The van der Waals surface area contributed by atoms with Gasteiger partial charge in [-0.3, -0.25) is 9.59 Å². The van der Waals surface area contributed by atoms with E-state index in [0.717, 1.165) is 44.3 Å². The average Bonchev–Trinajstić information content (AvgIpc) is 2.67. The molecule has 7 heteroatoms. The molecule has 142 valence electrons. The molecule has 1 aromatic rings. The summed E-state index contributed by atoms with van der Waals surface area (Å²) in [6.45, 7) is 6.51. The van der Waals surface area contributed by atoms with Gasteiger partial charge < -0.3 is 14.7 Å². The number of amides is 2. The van der Waals surface area contributed by atoms with Crippen LogP contribution in [0.15, 0.2) is 12.4 Å². The molecular weight excluding hydrogens is 330 g/mol. The summed E-state index contributed by atoms with van der Waals surface area (Å²) in [4.78, 5) is 39.2. The summed E-state index contributed by atoms with van der Waals surface area (Å²) in [5.41, 5.74) is 1.04. The van der Waals surface area contributed by atoms with E-state index in [2.05, 4.69) is 14.9 Å². The van der Waals surface area contributed by atoms with Crippen LogP contribution in [0.1, 0.15) is 38.2 Å². The van der Waals surface area contributed by atoms with Gasteiger partial charge in [0.15, 0.2) is 0 Å². The second-order valence-corrected chi connectivity index (χ2v) is 7.53. The fourth-order valence-corrected chi connectivity index (χ4v) is 3.90. The molecule has 1 atom stereocenters. The summed E-state index contributed by atoms with van der Waals surface area (Å²) >= 11 is 0. The fourth-order valence-electron chi connectivity index (χ4n) is 3.90. The van der Waals surface area contributed by atoms with Crippen LogP contribution in [-0.2, 0) is 9.59 Å². The van der Waals surface area contributed by atoms with Gasteiger partial charge in [-0.15, -0.1) is 0 Å². The summed E-state index contributed by atoms with van der Waals surface area (Å²) in [7, 11) is 2.01. The van der Waals surface area contributed by atoms with Gasteiger partial charge >= 0.3 is 0 Å². The van der Waals surface area contributed by atoms with E-state index in [1.165, 1.54) is 0 Å². The van der Waals surface area contributed by atoms with Crippen molar-refractivity contribution in [2.24, 2.45) is 5.92 Å². The molecule has 3 rings (SSSR count). The van der Waals surface area contributed by atoms with Crippen molar-refractivity contribution in [3.05, 3.63) is 18.0 Å². The molecule has 0 N–H and O–H groups in total. The minimum Gasteiger partial charge on any atom is -0.343 e. The second kappa shape index (κ2) is 8.01. The van der Waals surface area contributed by atoms with Crippen molar-refractivity contribution in [1.29, 1.82) is 0 Å². The third-order valence-electron chi connectivity index (χ3n) is 5.63. The first-order valence-corrected chi connectivity index (χ1v) is 9.51. The van der Waals surface area contributed by atoms with Crippen molar-refractivity contribution < 1.29 is 9.59 Å². The Morgan fingerprint density at radius 3 is 2.35 bits per heavy atom. The number of anilines is 1. The largest absolute Gasteiger partial charge is 0.343 e. The molecule has 2 fully saturated rings. The Morgan fingerprint density at radius 1 is 1.08 bits per heavy atom. The van der Waals surface area contributed by atoms with Gasteiger partial charge in [0.1, 0.15) is 0 Å². The van der Waals surface area contributed by atoms with Gasteiger partial charge in [-0.2, -0.15) is 0 Å². The quantitative estimate of drug-likeness (QED) is 0.817. The molecule has 0 aliphatic carbocycles. The molecular formula is C19H29N5O2. The van der Waals surface area contributed by atoms with E-state index in [4.69, 9.17) is 0 Å². The van der Waals surface area contributed by atoms with E-state index in [1.54, 1.807) is 6.92 Å². The van der Waals surface area contributed by atoms with E-state index in [-0.39, 0.29) is 23.8 Å². The minimum absolute atomic E-state index is 0.0466. The lowest BCUT2D eigenvalue weighted by Crippen LogP contribution is -2.52. The molecule has 0 saturated carbocycles. The summed E-state index contributed by atoms with van der Waals surface area (Å²) in [6.07, 6.45) is 7.24. The van der Waals surface area contributed by atoms with Crippen molar-refractivity contribution in [2.75, 3.05) is 38.1 Å². The van der Waals surface area contributed by atoms with E-state index >= 15 is 0 Å². The van der Waals surface area contributed by atoms with E-state index in [0.29, 0.717) is 19.0 Å². The van der Waals surface area contributed by atoms with Crippen molar-refractivity contribution in [3.63, 3.8) is 0 Å². The summed E-state index contributed by atoms with van der Waals surface area (Å²) in [5.74, 6) is 1.11. The van der Waals surface area contributed by atoms with Gasteiger partial charge in [-0.1, -0.05) is 0 Å². The maximum atomic E-state index is 13.0. The topological polar surface area (TPSA) is 69.6 Å². The Morgan fingerprint density at radius 2 is 1.73 bits per heavy atom. The maximum Gasteiger partial charge on any atom is 0.225 e. The molecule has 0 aromatic carbocycles. The zero-order chi connectivity index (χ0) is 18.7. The predicted molar refractivity (Wildman–Crippen MR) is 99.8 cm³/mol. The summed E-state index contributed by atoms with van der Waals surface area (Å²) in [6, 6.07) is 0.243. The smallest absolute Gasteiger partial charge is 0.225 e. The van der Waals surface area contributed by atoms with Crippen LogP contribution in [0, 0.1) is 12.8 Å². The van der Waals surface area contributed by atoms with Gasteiger partial charge in [0.25, 0.3) is 0 Å². The highest BCUT2D eigenvalue weighted by Crippen LogP contribution is 2.24. The second-order valence-electron chi connectivity index (χ2n) is 7.53. The number of likely N-dealkylation sites (N-methyl/N-ethyl adjacent to an activating group) is 1. The number of aryl methyl sites for hydroxylation is 1. The molecule has 1 unspecified atom stereocenters. The lowest BCUT2D eigenvalue weighted by atomic mass is 9.93. The molecule has 2 amide bonds. The first-order valence-electron chi connectivity index (χ1n) is 9.51. The van der Waals surface area contributed by atoms with Crippen LogP contribution in [0.25, 0.3) is 0 Å². The molecule has 0 spiro atoms. The Kier molecular flexibility index (Phi) is 5.74. The molecule has 2 aliphatic rings. The van der Waals surface area contributed by atoms with Crippen molar-refractivity contribution in [3.8, 4) is 0 Å². The van der Waals surface area contributed by atoms with E-state index < -0.39 is 0 Å². The van der Waals surface area contributed by atoms with Gasteiger partial charge in [0, 0.05) is 64.5 Å². The third-order valence-corrected chi connectivity index (χ3v) is 5.63. The van der Waals surface area contributed by atoms with Gasteiger partial charge in [-0.05, 0) is 38.2 Å². The van der Waals surface area contributed by atoms with Crippen LogP contribution in [-0.4, -0.2) is 70.9 Å². The number of likely N-dealkylation sites (tertiary alicyclic amines) is 2. The van der Waals surface area contributed by atoms with Gasteiger partial charge in [-0.25, -0.2) is 9.97 Å². The van der Waals surface area contributed by atoms with E-state index in [9.17, 15) is 9.59 Å². The zero-order valence-corrected chi connectivity index (χ0v) is 16.0. The predicted octanol–water partition coefficient (Wildman–Crippen LogP) is 1.47. The molecule has 2 aliphatic heterocycles. The van der Waals surface area contributed by atoms with Crippen LogP contribution in [0.2, 0.25) is 0 Å². The van der Waals surface area contributed by atoms with Crippen LogP contribution in [0.4, 0.5) is 5.95 Å².